The Morgan fingerprint density at radius 1 is 1.31 bits per heavy atom. The van der Waals surface area contributed by atoms with E-state index in [0.29, 0.717) is 13.0 Å². The summed E-state index contributed by atoms with van der Waals surface area (Å²) >= 11 is 3.38. The van der Waals surface area contributed by atoms with Crippen LogP contribution in [0.15, 0.2) is 46.0 Å². The van der Waals surface area contributed by atoms with E-state index in [1.807, 2.05) is 24.3 Å². The number of carbonyl (C=O) groups is 1. The molecule has 7 nitrogen and oxygen atoms in total. The molecule has 2 heterocycles. The van der Waals surface area contributed by atoms with Crippen LogP contribution in [0.2, 0.25) is 0 Å². The fourth-order valence-electron chi connectivity index (χ4n) is 3.00. The Balaban J connectivity index is 2.00. The molecular weight excluding hydrogens is 420 g/mol. The Morgan fingerprint density at radius 2 is 2.04 bits per heavy atom. The van der Waals surface area contributed by atoms with Crippen molar-refractivity contribution in [1.82, 2.24) is 19.4 Å². The molecule has 0 spiro atoms. The summed E-state index contributed by atoms with van der Waals surface area (Å²) in [5, 5.41) is 6.80. The van der Waals surface area contributed by atoms with E-state index in [4.69, 9.17) is 0 Å². The molecule has 1 N–H and O–H groups in total. The fourth-order valence-corrected chi connectivity index (χ4v) is 4.85. The van der Waals surface area contributed by atoms with Gasteiger partial charge in [-0.15, -0.1) is 0 Å². The third-order valence-corrected chi connectivity index (χ3v) is 6.73. The summed E-state index contributed by atoms with van der Waals surface area (Å²) in [6.45, 7) is 0.705. The zero-order valence-corrected chi connectivity index (χ0v) is 16.8. The minimum Gasteiger partial charge on any atom is -0.355 e. The lowest BCUT2D eigenvalue weighted by atomic mass is 10.1. The molecule has 2 aromatic rings. The normalized spacial score (nSPS) is 18.6. The van der Waals surface area contributed by atoms with Gasteiger partial charge in [-0.25, -0.2) is 8.42 Å². The number of nitrogens with one attached hydrogen (secondary N) is 1. The molecule has 1 fully saturated rings. The van der Waals surface area contributed by atoms with Crippen LogP contribution in [0.3, 0.4) is 0 Å². The lowest BCUT2D eigenvalue weighted by molar-refractivity contribution is -0.124. The maximum absolute atomic E-state index is 13.3. The van der Waals surface area contributed by atoms with E-state index in [-0.39, 0.29) is 17.3 Å². The number of aryl methyl sites for hydroxylation is 1. The van der Waals surface area contributed by atoms with Crippen molar-refractivity contribution in [1.29, 1.82) is 0 Å². The van der Waals surface area contributed by atoms with Crippen LogP contribution in [-0.4, -0.2) is 41.0 Å². The van der Waals surface area contributed by atoms with Crippen LogP contribution in [0.4, 0.5) is 0 Å². The number of carbonyl (C=O) groups excluding carboxylic acids is 1. The average molecular weight is 441 g/mol. The van der Waals surface area contributed by atoms with Gasteiger partial charge in [-0.1, -0.05) is 28.1 Å². The Morgan fingerprint density at radius 3 is 2.69 bits per heavy atom. The molecule has 0 saturated carbocycles. The second kappa shape index (κ2) is 7.89. The number of aromatic nitrogens is 2. The molecule has 0 bridgehead atoms. The lowest BCUT2D eigenvalue weighted by Crippen LogP contribution is -2.48. The van der Waals surface area contributed by atoms with Gasteiger partial charge in [0.25, 0.3) is 0 Å². The molecule has 140 valence electrons. The second-order valence-electron chi connectivity index (χ2n) is 6.33. The van der Waals surface area contributed by atoms with E-state index in [0.717, 1.165) is 22.9 Å². The van der Waals surface area contributed by atoms with E-state index in [2.05, 4.69) is 26.3 Å². The molecule has 9 heteroatoms. The van der Waals surface area contributed by atoms with Gasteiger partial charge >= 0.3 is 0 Å². The van der Waals surface area contributed by atoms with Crippen molar-refractivity contribution in [3.63, 3.8) is 0 Å². The predicted molar refractivity (Wildman–Crippen MR) is 101 cm³/mol. The smallest absolute Gasteiger partial charge is 0.247 e. The summed E-state index contributed by atoms with van der Waals surface area (Å²) in [6.07, 6.45) is 4.92. The highest BCUT2D eigenvalue weighted by molar-refractivity contribution is 9.10. The number of benzene rings is 1. The van der Waals surface area contributed by atoms with Gasteiger partial charge in [-0.3, -0.25) is 9.48 Å². The number of rotatable bonds is 5. The number of amides is 1. The van der Waals surface area contributed by atoms with Crippen molar-refractivity contribution in [2.75, 3.05) is 6.54 Å². The zero-order valence-electron chi connectivity index (χ0n) is 14.4. The highest BCUT2D eigenvalue weighted by Crippen LogP contribution is 2.25. The third-order valence-electron chi connectivity index (χ3n) is 4.39. The Hall–Kier alpha value is -1.71. The van der Waals surface area contributed by atoms with Crippen LogP contribution in [-0.2, 0) is 28.4 Å². The maximum atomic E-state index is 13.3. The summed E-state index contributed by atoms with van der Waals surface area (Å²) in [5.74, 6) is -0.243. The molecule has 26 heavy (non-hydrogen) atoms. The van der Waals surface area contributed by atoms with E-state index >= 15 is 0 Å². The molecule has 3 rings (SSSR count). The van der Waals surface area contributed by atoms with Gasteiger partial charge in [-0.2, -0.15) is 9.40 Å². The summed E-state index contributed by atoms with van der Waals surface area (Å²) < 4.78 is 30.2. The van der Waals surface area contributed by atoms with E-state index in [9.17, 15) is 13.2 Å². The van der Waals surface area contributed by atoms with E-state index in [1.54, 1.807) is 7.05 Å². The zero-order chi connectivity index (χ0) is 18.7. The van der Waals surface area contributed by atoms with Gasteiger partial charge in [-0.05, 0) is 37.0 Å². The van der Waals surface area contributed by atoms with Gasteiger partial charge in [0.1, 0.15) is 10.9 Å². The molecule has 0 radical (unpaired) electrons. The first kappa shape index (κ1) is 19.1. The Labute approximate surface area is 161 Å². The van der Waals surface area contributed by atoms with Crippen molar-refractivity contribution >= 4 is 31.9 Å². The molecule has 1 aliphatic rings. The van der Waals surface area contributed by atoms with Gasteiger partial charge in [0, 0.05) is 30.8 Å². The first-order valence-electron chi connectivity index (χ1n) is 8.40. The molecule has 1 unspecified atom stereocenters. The fraction of sp³-hybridized carbons (Fsp3) is 0.412. The minimum atomic E-state index is -3.86. The molecule has 1 aromatic heterocycles. The van der Waals surface area contributed by atoms with Gasteiger partial charge in [0.15, 0.2) is 0 Å². The van der Waals surface area contributed by atoms with Gasteiger partial charge in [0.2, 0.25) is 15.9 Å². The number of halogens is 1. The molecule has 0 aliphatic carbocycles. The summed E-state index contributed by atoms with van der Waals surface area (Å²) in [7, 11) is -2.20. The van der Waals surface area contributed by atoms with Gasteiger partial charge in [0.05, 0.1) is 6.20 Å². The molecule has 1 saturated heterocycles. The van der Waals surface area contributed by atoms with Gasteiger partial charge < -0.3 is 5.32 Å². The summed E-state index contributed by atoms with van der Waals surface area (Å²) in [5.41, 5.74) is 0.817. The van der Waals surface area contributed by atoms with Crippen LogP contribution in [0.1, 0.15) is 24.8 Å². The number of hydrogen-bond donors (Lipinski definition) is 1. The molecule has 1 aromatic carbocycles. The van der Waals surface area contributed by atoms with Crippen molar-refractivity contribution in [3.8, 4) is 0 Å². The molecule has 1 aliphatic heterocycles. The van der Waals surface area contributed by atoms with Crippen molar-refractivity contribution in [2.24, 2.45) is 7.05 Å². The second-order valence-corrected chi connectivity index (χ2v) is 9.14. The van der Waals surface area contributed by atoms with E-state index in [1.165, 1.54) is 21.4 Å². The Kier molecular flexibility index (Phi) is 5.79. The minimum absolute atomic E-state index is 0.0918. The van der Waals surface area contributed by atoms with Crippen LogP contribution < -0.4 is 5.32 Å². The van der Waals surface area contributed by atoms with Crippen LogP contribution in [0.5, 0.6) is 0 Å². The number of hydrogen-bond acceptors (Lipinski definition) is 4. The summed E-state index contributed by atoms with van der Waals surface area (Å²) in [6, 6.07) is 6.69. The number of nitrogens with zero attached hydrogens (tertiary/aromatic N) is 3. The first-order valence-corrected chi connectivity index (χ1v) is 10.6. The standard InChI is InChI=1S/C17H21BrN4O3S/c1-21-12-15(10-20-21)26(24,25)22(11-13-5-7-14(18)8-6-13)16-4-2-3-9-19-17(16)23/h5-8,10,12,16H,2-4,9,11H2,1H3,(H,19,23). The van der Waals surface area contributed by atoms with E-state index < -0.39 is 16.1 Å². The largest absolute Gasteiger partial charge is 0.355 e. The third kappa shape index (κ3) is 4.16. The first-order chi connectivity index (χ1) is 12.4. The van der Waals surface area contributed by atoms with Crippen molar-refractivity contribution in [3.05, 3.63) is 46.7 Å². The van der Waals surface area contributed by atoms with Crippen LogP contribution in [0.25, 0.3) is 0 Å². The van der Waals surface area contributed by atoms with Crippen LogP contribution >= 0.6 is 15.9 Å². The monoisotopic (exact) mass is 440 g/mol. The number of sulfonamides is 1. The topological polar surface area (TPSA) is 84.3 Å². The van der Waals surface area contributed by atoms with Crippen LogP contribution in [0, 0.1) is 0 Å². The highest BCUT2D eigenvalue weighted by Gasteiger charge is 2.37. The maximum Gasteiger partial charge on any atom is 0.247 e. The summed E-state index contributed by atoms with van der Waals surface area (Å²) in [4.78, 5) is 12.6. The predicted octanol–water partition coefficient (Wildman–Crippen LogP) is 2.04. The lowest BCUT2D eigenvalue weighted by Gasteiger charge is -2.28. The highest BCUT2D eigenvalue weighted by atomic mass is 79.9. The SMILES string of the molecule is Cn1cc(S(=O)(=O)N(Cc2ccc(Br)cc2)C2CCCCNC2=O)cn1. The molecular formula is C17H21BrN4O3S. The quantitative estimate of drug-likeness (QED) is 0.770. The van der Waals surface area contributed by atoms with Crippen molar-refractivity contribution in [2.45, 2.75) is 36.7 Å². The molecule has 1 amide bonds. The van der Waals surface area contributed by atoms with Crippen molar-refractivity contribution < 1.29 is 13.2 Å². The average Bonchev–Trinajstić information content (AvgIpc) is 2.94. The Bertz CT molecular complexity index is 880. The molecule has 1 atom stereocenters.